The van der Waals surface area contributed by atoms with Gasteiger partial charge in [0, 0.05) is 33.1 Å². The lowest BCUT2D eigenvalue weighted by Crippen LogP contribution is -2.22. The zero-order valence-electron chi connectivity index (χ0n) is 22.6. The van der Waals surface area contributed by atoms with Crippen LogP contribution in [0, 0.1) is 0 Å². The molecule has 0 aliphatic heterocycles. The largest absolute Gasteiger partial charge is 0.506 e. The second-order valence-corrected chi connectivity index (χ2v) is 15.4. The van der Waals surface area contributed by atoms with E-state index < -0.39 is 0 Å². The fourth-order valence-electron chi connectivity index (χ4n) is 4.59. The molecule has 2 atom stereocenters. The highest BCUT2D eigenvalue weighted by Gasteiger charge is 2.26. The highest BCUT2D eigenvalue weighted by atomic mass is 35.5. The number of hydrogen-bond donors (Lipinski definition) is 2. The van der Waals surface area contributed by atoms with Gasteiger partial charge in [0.15, 0.2) is 0 Å². The third kappa shape index (κ3) is 7.91. The minimum atomic E-state index is -0.0275. The zero-order chi connectivity index (χ0) is 26.7. The smallest absolute Gasteiger partial charge is 0.138 e. The molecule has 1 aliphatic carbocycles. The van der Waals surface area contributed by atoms with Crippen LogP contribution in [0.15, 0.2) is 24.3 Å². The van der Waals surface area contributed by atoms with Crippen molar-refractivity contribution in [2.75, 3.05) is 0 Å². The molecular formula is C30H42Cl2O2S2. The summed E-state index contributed by atoms with van der Waals surface area (Å²) in [7, 11) is 0. The van der Waals surface area contributed by atoms with Crippen molar-refractivity contribution in [1.29, 1.82) is 0 Å². The molecule has 3 rings (SSSR count). The number of halogens is 2. The van der Waals surface area contributed by atoms with Gasteiger partial charge in [-0.05, 0) is 46.9 Å². The van der Waals surface area contributed by atoms with Gasteiger partial charge in [0.2, 0.25) is 0 Å². The topological polar surface area (TPSA) is 40.5 Å². The Hall–Kier alpha value is -0.680. The first-order chi connectivity index (χ1) is 16.8. The molecule has 2 aromatic rings. The Labute approximate surface area is 236 Å². The van der Waals surface area contributed by atoms with Crippen LogP contribution < -0.4 is 0 Å². The van der Waals surface area contributed by atoms with E-state index in [0.29, 0.717) is 20.5 Å². The summed E-state index contributed by atoms with van der Waals surface area (Å²) in [6, 6.07) is 8.03. The van der Waals surface area contributed by atoms with Crippen LogP contribution in [-0.4, -0.2) is 20.7 Å². The molecule has 0 amide bonds. The van der Waals surface area contributed by atoms with E-state index in [0.717, 1.165) is 33.8 Å². The van der Waals surface area contributed by atoms with E-state index in [9.17, 15) is 10.2 Å². The predicted molar refractivity (Wildman–Crippen MR) is 162 cm³/mol. The van der Waals surface area contributed by atoms with Crippen molar-refractivity contribution in [2.24, 2.45) is 0 Å². The molecule has 0 radical (unpaired) electrons. The Morgan fingerprint density at radius 3 is 1.36 bits per heavy atom. The molecule has 0 bridgehead atoms. The monoisotopic (exact) mass is 568 g/mol. The average Bonchev–Trinajstić information content (AvgIpc) is 2.76. The maximum atomic E-state index is 10.7. The van der Waals surface area contributed by atoms with E-state index in [2.05, 4.69) is 53.7 Å². The van der Waals surface area contributed by atoms with E-state index in [4.69, 9.17) is 23.2 Å². The number of benzene rings is 2. The number of thioether (sulfide) groups is 2. The van der Waals surface area contributed by atoms with Crippen LogP contribution in [0.3, 0.4) is 0 Å². The third-order valence-electron chi connectivity index (χ3n) is 7.06. The van der Waals surface area contributed by atoms with E-state index in [1.165, 1.54) is 38.5 Å². The Morgan fingerprint density at radius 1 is 0.667 bits per heavy atom. The summed E-state index contributed by atoms with van der Waals surface area (Å²) < 4.78 is 0. The summed E-state index contributed by atoms with van der Waals surface area (Å²) in [6.07, 6.45) is 7.39. The van der Waals surface area contributed by atoms with Crippen LogP contribution >= 0.6 is 46.7 Å². The van der Waals surface area contributed by atoms with Crippen LogP contribution in [0.5, 0.6) is 11.5 Å². The van der Waals surface area contributed by atoms with Gasteiger partial charge in [0.05, 0.1) is 10.0 Å². The normalized spacial score (nSPS) is 19.7. The van der Waals surface area contributed by atoms with Crippen LogP contribution in [-0.2, 0) is 22.3 Å². The lowest BCUT2D eigenvalue weighted by atomic mass is 9.86. The van der Waals surface area contributed by atoms with Crippen molar-refractivity contribution in [3.63, 3.8) is 0 Å². The molecule has 1 saturated carbocycles. The maximum Gasteiger partial charge on any atom is 0.138 e. The zero-order valence-corrected chi connectivity index (χ0v) is 25.7. The van der Waals surface area contributed by atoms with Crippen LogP contribution in [0.1, 0.15) is 102 Å². The molecule has 2 nitrogen and oxygen atoms in total. The van der Waals surface area contributed by atoms with Crippen LogP contribution in [0.2, 0.25) is 10.0 Å². The van der Waals surface area contributed by atoms with Gasteiger partial charge in [-0.1, -0.05) is 103 Å². The van der Waals surface area contributed by atoms with Gasteiger partial charge in [-0.3, -0.25) is 0 Å². The molecule has 0 saturated heterocycles. The lowest BCUT2D eigenvalue weighted by Gasteiger charge is -2.29. The third-order valence-corrected chi connectivity index (χ3v) is 10.8. The Bertz CT molecular complexity index is 957. The van der Waals surface area contributed by atoms with Gasteiger partial charge in [-0.15, -0.1) is 0 Å². The first-order valence-corrected chi connectivity index (χ1v) is 15.9. The van der Waals surface area contributed by atoms with E-state index >= 15 is 0 Å². The van der Waals surface area contributed by atoms with Crippen molar-refractivity contribution in [2.45, 2.75) is 113 Å². The fourth-order valence-corrected chi connectivity index (χ4v) is 8.13. The van der Waals surface area contributed by atoms with Gasteiger partial charge >= 0.3 is 0 Å². The maximum absolute atomic E-state index is 10.7. The Balaban J connectivity index is 1.78. The molecule has 0 aromatic heterocycles. The summed E-state index contributed by atoms with van der Waals surface area (Å²) in [5.74, 6) is 1.92. The molecule has 1 aliphatic rings. The molecule has 200 valence electrons. The van der Waals surface area contributed by atoms with Crippen LogP contribution in [0.4, 0.5) is 0 Å². The van der Waals surface area contributed by atoms with Gasteiger partial charge in [-0.25, -0.2) is 0 Å². The summed E-state index contributed by atoms with van der Waals surface area (Å²) in [5, 5.41) is 23.2. The standard InChI is InChI=1S/C30H42Cl2O2S2/c1-29(2,3)21-13-19(27(33)23(31)15-21)17-35-25-11-9-7-8-10-12-26(25)36-18-20-14-22(30(4,5)6)16-24(32)28(20)34/h13-16,25-26,33-34H,7-12,17-18H2,1-6H3. The minimum Gasteiger partial charge on any atom is -0.506 e. The lowest BCUT2D eigenvalue weighted by molar-refractivity contribution is 0.468. The molecular weight excluding hydrogens is 527 g/mol. The van der Waals surface area contributed by atoms with Crippen molar-refractivity contribution in [3.05, 3.63) is 56.6 Å². The predicted octanol–water partition coefficient (Wildman–Crippen LogP) is 10.3. The second kappa shape index (κ2) is 12.5. The highest BCUT2D eigenvalue weighted by molar-refractivity contribution is 8.03. The van der Waals surface area contributed by atoms with Gasteiger partial charge in [0.1, 0.15) is 11.5 Å². The van der Waals surface area contributed by atoms with Gasteiger partial charge in [0.25, 0.3) is 0 Å². The summed E-state index contributed by atoms with van der Waals surface area (Å²) in [5.41, 5.74) is 4.09. The van der Waals surface area contributed by atoms with Crippen molar-refractivity contribution < 1.29 is 10.2 Å². The molecule has 2 N–H and O–H groups in total. The number of phenols is 2. The number of aromatic hydroxyl groups is 2. The molecule has 2 unspecified atom stereocenters. The minimum absolute atomic E-state index is 0.0275. The Morgan fingerprint density at radius 2 is 1.03 bits per heavy atom. The quantitative estimate of drug-likeness (QED) is 0.363. The summed E-state index contributed by atoms with van der Waals surface area (Å²) in [4.78, 5) is 0. The van der Waals surface area contributed by atoms with Crippen molar-refractivity contribution in [3.8, 4) is 11.5 Å². The number of rotatable bonds is 6. The molecule has 2 aromatic carbocycles. The highest BCUT2D eigenvalue weighted by Crippen LogP contribution is 2.42. The molecule has 36 heavy (non-hydrogen) atoms. The van der Waals surface area contributed by atoms with Gasteiger partial charge in [-0.2, -0.15) is 23.5 Å². The van der Waals surface area contributed by atoms with Gasteiger partial charge < -0.3 is 10.2 Å². The molecule has 1 fully saturated rings. The van der Waals surface area contributed by atoms with E-state index in [1.54, 1.807) is 0 Å². The average molecular weight is 570 g/mol. The first-order valence-electron chi connectivity index (χ1n) is 13.0. The molecule has 0 heterocycles. The summed E-state index contributed by atoms with van der Waals surface area (Å²) >= 11 is 16.7. The molecule has 0 spiro atoms. The van der Waals surface area contributed by atoms with Crippen molar-refractivity contribution in [1.82, 2.24) is 0 Å². The SMILES string of the molecule is CC(C)(C)c1cc(Cl)c(O)c(CSC2CCCCCCC2SCc2cc(C(C)(C)C)cc(Cl)c2O)c1. The van der Waals surface area contributed by atoms with E-state index in [-0.39, 0.29) is 22.3 Å². The summed E-state index contributed by atoms with van der Waals surface area (Å²) in [6.45, 7) is 13.0. The fraction of sp³-hybridized carbons (Fsp3) is 0.600. The van der Waals surface area contributed by atoms with Crippen LogP contribution in [0.25, 0.3) is 0 Å². The van der Waals surface area contributed by atoms with Crippen molar-refractivity contribution >= 4 is 46.7 Å². The van der Waals surface area contributed by atoms with E-state index in [1.807, 2.05) is 35.7 Å². The number of phenolic OH excluding ortho intramolecular Hbond substituents is 2. The molecule has 6 heteroatoms. The number of hydrogen-bond acceptors (Lipinski definition) is 4. The first kappa shape index (κ1) is 29.9. The Kier molecular flexibility index (Phi) is 10.3. The second-order valence-electron chi connectivity index (χ2n) is 12.1.